The number of ether oxygens (including phenoxy) is 1. The Bertz CT molecular complexity index is 393. The summed E-state index contributed by atoms with van der Waals surface area (Å²) < 4.78 is 6.19. The number of aryl methyl sites for hydroxylation is 1. The number of benzene rings is 1. The van der Waals surface area contributed by atoms with Crippen molar-refractivity contribution in [2.24, 2.45) is 5.92 Å². The summed E-state index contributed by atoms with van der Waals surface area (Å²) in [5, 5.41) is 3.56. The Labute approximate surface area is 130 Å². The van der Waals surface area contributed by atoms with Gasteiger partial charge in [0, 0.05) is 0 Å². The van der Waals surface area contributed by atoms with Crippen molar-refractivity contribution in [3.05, 3.63) is 35.4 Å². The van der Waals surface area contributed by atoms with E-state index in [0.717, 1.165) is 25.5 Å². The molecule has 118 valence electrons. The van der Waals surface area contributed by atoms with Crippen molar-refractivity contribution < 1.29 is 4.74 Å². The standard InChI is InChI=1S/C19H31NO/c1-4-16-8-10-17(11-9-16)19(20-5-2)14-21-18-12-6-15(3)7-13-18/h8-11,15,18-20H,4-7,12-14H2,1-3H3. The van der Waals surface area contributed by atoms with Crippen LogP contribution in [0.4, 0.5) is 0 Å². The van der Waals surface area contributed by atoms with Crippen molar-refractivity contribution in [1.82, 2.24) is 5.32 Å². The maximum Gasteiger partial charge on any atom is 0.0665 e. The van der Waals surface area contributed by atoms with Gasteiger partial charge >= 0.3 is 0 Å². The molecule has 1 aliphatic rings. The molecule has 1 saturated carbocycles. The third-order valence-corrected chi connectivity index (χ3v) is 4.70. The van der Waals surface area contributed by atoms with Crippen LogP contribution >= 0.6 is 0 Å². The van der Waals surface area contributed by atoms with Gasteiger partial charge in [-0.25, -0.2) is 0 Å². The van der Waals surface area contributed by atoms with Crippen molar-refractivity contribution in [3.8, 4) is 0 Å². The molecule has 0 radical (unpaired) electrons. The van der Waals surface area contributed by atoms with Crippen molar-refractivity contribution in [2.45, 2.75) is 65.0 Å². The molecule has 1 aliphatic carbocycles. The second-order valence-electron chi connectivity index (χ2n) is 6.42. The summed E-state index contributed by atoms with van der Waals surface area (Å²) in [6.07, 6.45) is 6.67. The van der Waals surface area contributed by atoms with E-state index in [-0.39, 0.29) is 0 Å². The van der Waals surface area contributed by atoms with E-state index in [1.54, 1.807) is 0 Å². The summed E-state index contributed by atoms with van der Waals surface area (Å²) in [5.41, 5.74) is 2.74. The molecule has 1 aromatic carbocycles. The first-order valence-electron chi connectivity index (χ1n) is 8.66. The minimum absolute atomic E-state index is 0.320. The largest absolute Gasteiger partial charge is 0.376 e. The van der Waals surface area contributed by atoms with Crippen molar-refractivity contribution in [3.63, 3.8) is 0 Å². The van der Waals surface area contributed by atoms with Gasteiger partial charge in [-0.15, -0.1) is 0 Å². The van der Waals surface area contributed by atoms with E-state index in [1.165, 1.54) is 36.8 Å². The lowest BCUT2D eigenvalue weighted by Crippen LogP contribution is -2.29. The summed E-state index contributed by atoms with van der Waals surface area (Å²) >= 11 is 0. The van der Waals surface area contributed by atoms with Crippen LogP contribution in [-0.4, -0.2) is 19.3 Å². The Morgan fingerprint density at radius 3 is 2.33 bits per heavy atom. The Balaban J connectivity index is 1.88. The van der Waals surface area contributed by atoms with Gasteiger partial charge in [-0.05, 0) is 55.7 Å². The van der Waals surface area contributed by atoms with E-state index in [2.05, 4.69) is 50.4 Å². The molecule has 0 aromatic heterocycles. The molecule has 0 heterocycles. The first-order valence-corrected chi connectivity index (χ1v) is 8.66. The molecule has 2 rings (SSSR count). The lowest BCUT2D eigenvalue weighted by Gasteiger charge is -2.28. The molecule has 2 heteroatoms. The highest BCUT2D eigenvalue weighted by Gasteiger charge is 2.20. The summed E-state index contributed by atoms with van der Waals surface area (Å²) in [6, 6.07) is 9.29. The maximum atomic E-state index is 6.19. The fraction of sp³-hybridized carbons (Fsp3) is 0.684. The zero-order valence-electron chi connectivity index (χ0n) is 13.9. The van der Waals surface area contributed by atoms with Crippen LogP contribution in [0.15, 0.2) is 24.3 Å². The minimum Gasteiger partial charge on any atom is -0.376 e. The summed E-state index contributed by atoms with van der Waals surface area (Å²) in [5.74, 6) is 0.885. The average molecular weight is 289 g/mol. The number of hydrogen-bond donors (Lipinski definition) is 1. The predicted octanol–water partition coefficient (Wildman–Crippen LogP) is 4.49. The van der Waals surface area contributed by atoms with E-state index in [1.807, 2.05) is 0 Å². The van der Waals surface area contributed by atoms with Gasteiger partial charge in [-0.1, -0.05) is 45.0 Å². The van der Waals surface area contributed by atoms with Gasteiger partial charge < -0.3 is 10.1 Å². The second kappa shape index (κ2) is 8.55. The Morgan fingerprint density at radius 1 is 1.10 bits per heavy atom. The first kappa shape index (κ1) is 16.5. The highest BCUT2D eigenvalue weighted by atomic mass is 16.5. The van der Waals surface area contributed by atoms with Crippen LogP contribution in [0.1, 0.15) is 63.6 Å². The fourth-order valence-corrected chi connectivity index (χ4v) is 3.13. The second-order valence-corrected chi connectivity index (χ2v) is 6.42. The highest BCUT2D eigenvalue weighted by Crippen LogP contribution is 2.26. The van der Waals surface area contributed by atoms with Crippen LogP contribution < -0.4 is 5.32 Å². The average Bonchev–Trinajstić information content (AvgIpc) is 2.53. The van der Waals surface area contributed by atoms with Crippen LogP contribution in [0.5, 0.6) is 0 Å². The van der Waals surface area contributed by atoms with Gasteiger partial charge in [0.15, 0.2) is 0 Å². The van der Waals surface area contributed by atoms with Crippen molar-refractivity contribution in [1.29, 1.82) is 0 Å². The lowest BCUT2D eigenvalue weighted by atomic mass is 9.89. The third kappa shape index (κ3) is 5.12. The summed E-state index contributed by atoms with van der Waals surface area (Å²) in [4.78, 5) is 0. The van der Waals surface area contributed by atoms with E-state index in [0.29, 0.717) is 12.1 Å². The number of nitrogens with one attached hydrogen (secondary N) is 1. The number of likely N-dealkylation sites (N-methyl/N-ethyl adjacent to an activating group) is 1. The molecule has 0 aliphatic heterocycles. The first-order chi connectivity index (χ1) is 10.2. The van der Waals surface area contributed by atoms with Crippen molar-refractivity contribution in [2.75, 3.05) is 13.2 Å². The van der Waals surface area contributed by atoms with E-state index < -0.39 is 0 Å². The SMILES string of the molecule is CCNC(COC1CCC(C)CC1)c1ccc(CC)cc1. The van der Waals surface area contributed by atoms with Gasteiger partial charge in [-0.3, -0.25) is 0 Å². The molecule has 2 nitrogen and oxygen atoms in total. The summed E-state index contributed by atoms with van der Waals surface area (Å²) in [6.45, 7) is 8.48. The molecule has 1 fully saturated rings. The van der Waals surface area contributed by atoms with Crippen LogP contribution in [0, 0.1) is 5.92 Å². The molecule has 1 N–H and O–H groups in total. The molecule has 0 saturated heterocycles. The molecular formula is C19H31NO. The van der Waals surface area contributed by atoms with Gasteiger partial charge in [0.05, 0.1) is 18.8 Å². The highest BCUT2D eigenvalue weighted by molar-refractivity contribution is 5.25. The minimum atomic E-state index is 0.320. The molecule has 0 spiro atoms. The zero-order valence-corrected chi connectivity index (χ0v) is 13.9. The quantitative estimate of drug-likeness (QED) is 0.798. The normalized spacial score (nSPS) is 24.0. The van der Waals surface area contributed by atoms with E-state index >= 15 is 0 Å². The number of rotatable bonds is 7. The lowest BCUT2D eigenvalue weighted by molar-refractivity contribution is 0.00808. The molecule has 1 unspecified atom stereocenters. The zero-order chi connectivity index (χ0) is 15.1. The number of hydrogen-bond acceptors (Lipinski definition) is 2. The van der Waals surface area contributed by atoms with Crippen molar-refractivity contribution >= 4 is 0 Å². The fourth-order valence-electron chi connectivity index (χ4n) is 3.13. The maximum absolute atomic E-state index is 6.19. The molecule has 0 amide bonds. The van der Waals surface area contributed by atoms with Crippen LogP contribution in [0.2, 0.25) is 0 Å². The van der Waals surface area contributed by atoms with Crippen LogP contribution in [0.3, 0.4) is 0 Å². The molecule has 0 bridgehead atoms. The van der Waals surface area contributed by atoms with E-state index in [9.17, 15) is 0 Å². The molecule has 1 aromatic rings. The summed E-state index contributed by atoms with van der Waals surface area (Å²) in [7, 11) is 0. The Kier molecular flexibility index (Phi) is 6.72. The third-order valence-electron chi connectivity index (χ3n) is 4.70. The van der Waals surface area contributed by atoms with Gasteiger partial charge in [0.1, 0.15) is 0 Å². The Hall–Kier alpha value is -0.860. The predicted molar refractivity (Wildman–Crippen MR) is 89.6 cm³/mol. The smallest absolute Gasteiger partial charge is 0.0665 e. The molecular weight excluding hydrogens is 258 g/mol. The monoisotopic (exact) mass is 289 g/mol. The van der Waals surface area contributed by atoms with Crippen LogP contribution in [0.25, 0.3) is 0 Å². The van der Waals surface area contributed by atoms with Crippen LogP contribution in [-0.2, 0) is 11.2 Å². The van der Waals surface area contributed by atoms with Gasteiger partial charge in [0.2, 0.25) is 0 Å². The topological polar surface area (TPSA) is 21.3 Å². The molecule has 21 heavy (non-hydrogen) atoms. The van der Waals surface area contributed by atoms with Gasteiger partial charge in [-0.2, -0.15) is 0 Å². The Morgan fingerprint density at radius 2 is 1.76 bits per heavy atom. The molecule has 1 atom stereocenters. The van der Waals surface area contributed by atoms with Gasteiger partial charge in [0.25, 0.3) is 0 Å². The van der Waals surface area contributed by atoms with E-state index in [4.69, 9.17) is 4.74 Å².